The zero-order chi connectivity index (χ0) is 27.7. The first-order valence-electron chi connectivity index (χ1n) is 13.2. The standard InChI is InChI=1S/C28H30N6O3S3/c1-19(2)34(40(35,36)26-7-4-14-38-26)24-6-3-5-20-15-23(32-27(20)24)28-31-16-22(39-28)18-33-12-8-21(9-13-33)37-25-17-29-10-11-30-25/h3-7,10-11,14-17,19,21,32H,8-9,12-13,18H2,1-2H3. The Morgan fingerprint density at radius 3 is 2.70 bits per heavy atom. The molecule has 1 aliphatic rings. The predicted octanol–water partition coefficient (Wildman–Crippen LogP) is 5.79. The number of anilines is 1. The highest BCUT2D eigenvalue weighted by Gasteiger charge is 2.30. The number of ether oxygens (including phenoxy) is 1. The van der Waals surface area contributed by atoms with Gasteiger partial charge in [0.05, 0.1) is 23.1 Å². The number of fused-ring (bicyclic) bond motifs is 1. The van der Waals surface area contributed by atoms with E-state index in [1.54, 1.807) is 47.4 Å². The summed E-state index contributed by atoms with van der Waals surface area (Å²) in [6.07, 6.45) is 8.91. The van der Waals surface area contributed by atoms with E-state index in [1.165, 1.54) is 20.5 Å². The number of aromatic amines is 1. The molecule has 1 aliphatic heterocycles. The number of hydrogen-bond donors (Lipinski definition) is 1. The summed E-state index contributed by atoms with van der Waals surface area (Å²) in [5.74, 6) is 0.579. The number of H-pyrrole nitrogens is 1. The van der Waals surface area contributed by atoms with Crippen molar-refractivity contribution in [2.75, 3.05) is 17.4 Å². The molecule has 5 heterocycles. The number of benzene rings is 1. The van der Waals surface area contributed by atoms with Crippen LogP contribution < -0.4 is 9.04 Å². The molecule has 0 atom stereocenters. The van der Waals surface area contributed by atoms with Gasteiger partial charge in [-0.2, -0.15) is 0 Å². The molecule has 6 rings (SSSR count). The maximum atomic E-state index is 13.6. The summed E-state index contributed by atoms with van der Waals surface area (Å²) < 4.78 is 34.9. The number of piperidine rings is 1. The minimum Gasteiger partial charge on any atom is -0.473 e. The van der Waals surface area contributed by atoms with E-state index in [-0.39, 0.29) is 12.1 Å². The van der Waals surface area contributed by atoms with Crippen molar-refractivity contribution in [1.82, 2.24) is 24.8 Å². The molecule has 1 N–H and O–H groups in total. The number of rotatable bonds is 9. The van der Waals surface area contributed by atoms with E-state index >= 15 is 0 Å². The SMILES string of the molecule is CC(C)N(c1cccc2cc(-c3ncc(CN4CCC(Oc5cnccn5)CC4)s3)[nH]c12)S(=O)(=O)c1cccs1. The van der Waals surface area contributed by atoms with Crippen LogP contribution in [0.2, 0.25) is 0 Å². The zero-order valence-corrected chi connectivity index (χ0v) is 24.7. The molecule has 0 amide bonds. The molecule has 40 heavy (non-hydrogen) atoms. The molecule has 0 saturated carbocycles. The number of aromatic nitrogens is 4. The van der Waals surface area contributed by atoms with E-state index in [0.29, 0.717) is 15.8 Å². The summed E-state index contributed by atoms with van der Waals surface area (Å²) in [5, 5.41) is 3.62. The third-order valence-electron chi connectivity index (χ3n) is 6.87. The monoisotopic (exact) mass is 594 g/mol. The van der Waals surface area contributed by atoms with Crippen LogP contribution in [0.25, 0.3) is 21.6 Å². The van der Waals surface area contributed by atoms with Gasteiger partial charge in [0.25, 0.3) is 10.0 Å². The summed E-state index contributed by atoms with van der Waals surface area (Å²) in [6, 6.07) is 11.0. The van der Waals surface area contributed by atoms with Crippen molar-refractivity contribution in [3.05, 3.63) is 71.4 Å². The van der Waals surface area contributed by atoms with Gasteiger partial charge in [0.15, 0.2) is 0 Å². The van der Waals surface area contributed by atoms with Crippen LogP contribution in [-0.4, -0.2) is 58.5 Å². The largest absolute Gasteiger partial charge is 0.473 e. The van der Waals surface area contributed by atoms with Gasteiger partial charge in [0.1, 0.15) is 15.3 Å². The first kappa shape index (κ1) is 26.9. The van der Waals surface area contributed by atoms with Gasteiger partial charge in [-0.15, -0.1) is 22.7 Å². The molecular weight excluding hydrogens is 565 g/mol. The third-order valence-corrected chi connectivity index (χ3v) is 11.3. The Bertz CT molecular complexity index is 1670. The lowest BCUT2D eigenvalue weighted by Crippen LogP contribution is -2.37. The van der Waals surface area contributed by atoms with Gasteiger partial charge in [-0.1, -0.05) is 18.2 Å². The molecule has 4 aromatic heterocycles. The fourth-order valence-electron chi connectivity index (χ4n) is 5.06. The summed E-state index contributed by atoms with van der Waals surface area (Å²) in [7, 11) is -3.69. The molecule has 12 heteroatoms. The average molecular weight is 595 g/mol. The number of nitrogens with zero attached hydrogens (tertiary/aromatic N) is 5. The minimum absolute atomic E-state index is 0.152. The number of likely N-dealkylation sites (tertiary alicyclic amines) is 1. The number of thiazole rings is 1. The van der Waals surface area contributed by atoms with E-state index in [4.69, 9.17) is 9.72 Å². The van der Waals surface area contributed by atoms with Gasteiger partial charge in [0, 0.05) is 54.5 Å². The molecule has 0 unspecified atom stereocenters. The maximum Gasteiger partial charge on any atom is 0.274 e. The van der Waals surface area contributed by atoms with Crippen LogP contribution in [0.4, 0.5) is 5.69 Å². The van der Waals surface area contributed by atoms with E-state index < -0.39 is 10.0 Å². The van der Waals surface area contributed by atoms with E-state index in [9.17, 15) is 8.42 Å². The molecule has 0 radical (unpaired) electrons. The molecule has 208 valence electrons. The summed E-state index contributed by atoms with van der Waals surface area (Å²) in [6.45, 7) is 6.51. The second kappa shape index (κ2) is 11.3. The lowest BCUT2D eigenvalue weighted by Gasteiger charge is -2.31. The van der Waals surface area contributed by atoms with Crippen LogP contribution in [0.3, 0.4) is 0 Å². The number of sulfonamides is 1. The first-order valence-corrected chi connectivity index (χ1v) is 16.3. The molecule has 1 fully saturated rings. The Kier molecular flexibility index (Phi) is 7.58. The van der Waals surface area contributed by atoms with Gasteiger partial charge < -0.3 is 9.72 Å². The Hall–Kier alpha value is -3.32. The molecule has 5 aromatic rings. The van der Waals surface area contributed by atoms with Gasteiger partial charge in [-0.3, -0.25) is 14.2 Å². The van der Waals surface area contributed by atoms with Gasteiger partial charge in [-0.05, 0) is 50.3 Å². The molecule has 0 aliphatic carbocycles. The highest BCUT2D eigenvalue weighted by molar-refractivity contribution is 7.94. The normalized spacial score (nSPS) is 15.2. The lowest BCUT2D eigenvalue weighted by molar-refractivity contribution is 0.0934. The van der Waals surface area contributed by atoms with Gasteiger partial charge >= 0.3 is 0 Å². The quantitative estimate of drug-likeness (QED) is 0.230. The van der Waals surface area contributed by atoms with Crippen molar-refractivity contribution in [1.29, 1.82) is 0 Å². The van der Waals surface area contributed by atoms with Crippen LogP contribution in [0.15, 0.2) is 70.8 Å². The molecular formula is C28H30N6O3S3. The van der Waals surface area contributed by atoms with Crippen molar-refractivity contribution >= 4 is 49.3 Å². The second-order valence-corrected chi connectivity index (χ2v) is 14.1. The zero-order valence-electron chi connectivity index (χ0n) is 22.2. The van der Waals surface area contributed by atoms with Crippen molar-refractivity contribution in [3.63, 3.8) is 0 Å². The van der Waals surface area contributed by atoms with Gasteiger partial charge in [-0.25, -0.2) is 18.4 Å². The van der Waals surface area contributed by atoms with Crippen molar-refractivity contribution in [2.45, 2.75) is 49.6 Å². The Morgan fingerprint density at radius 2 is 1.98 bits per heavy atom. The molecule has 1 saturated heterocycles. The highest BCUT2D eigenvalue weighted by Crippen LogP contribution is 2.36. The van der Waals surface area contributed by atoms with E-state index in [0.717, 1.165) is 54.1 Å². The molecule has 0 spiro atoms. The topological polar surface area (TPSA) is 104 Å². The van der Waals surface area contributed by atoms with Crippen LogP contribution in [0.5, 0.6) is 5.88 Å². The fraction of sp³-hybridized carbons (Fsp3) is 0.321. The van der Waals surface area contributed by atoms with Crippen LogP contribution in [0, 0.1) is 0 Å². The summed E-state index contributed by atoms with van der Waals surface area (Å²) >= 11 is 2.89. The fourth-order valence-corrected chi connectivity index (χ4v) is 8.74. The Balaban J connectivity index is 1.18. The number of hydrogen-bond acceptors (Lipinski definition) is 9. The maximum absolute atomic E-state index is 13.6. The van der Waals surface area contributed by atoms with Crippen LogP contribution >= 0.6 is 22.7 Å². The summed E-state index contributed by atoms with van der Waals surface area (Å²) in [4.78, 5) is 20.1. The minimum atomic E-state index is -3.69. The number of para-hydroxylation sites is 1. The predicted molar refractivity (Wildman–Crippen MR) is 159 cm³/mol. The molecule has 1 aromatic carbocycles. The Labute approximate surface area is 241 Å². The third kappa shape index (κ3) is 5.49. The van der Waals surface area contributed by atoms with E-state index in [2.05, 4.69) is 19.9 Å². The van der Waals surface area contributed by atoms with Crippen LogP contribution in [0.1, 0.15) is 31.6 Å². The van der Waals surface area contributed by atoms with Crippen molar-refractivity contribution in [3.8, 4) is 16.6 Å². The summed E-state index contributed by atoms with van der Waals surface area (Å²) in [5.41, 5.74) is 2.30. The molecule has 9 nitrogen and oxygen atoms in total. The highest BCUT2D eigenvalue weighted by atomic mass is 32.2. The number of thiophene rings is 1. The van der Waals surface area contributed by atoms with E-state index in [1.807, 2.05) is 44.3 Å². The molecule has 0 bridgehead atoms. The van der Waals surface area contributed by atoms with Crippen molar-refractivity contribution < 1.29 is 13.2 Å². The second-order valence-electron chi connectivity index (χ2n) is 10.0. The first-order chi connectivity index (χ1) is 19.4. The smallest absolute Gasteiger partial charge is 0.274 e. The average Bonchev–Trinajstić information content (AvgIpc) is 3.72. The van der Waals surface area contributed by atoms with Gasteiger partial charge in [0.2, 0.25) is 5.88 Å². The van der Waals surface area contributed by atoms with Crippen molar-refractivity contribution in [2.24, 2.45) is 0 Å². The van der Waals surface area contributed by atoms with Crippen LogP contribution in [-0.2, 0) is 16.6 Å². The lowest BCUT2D eigenvalue weighted by atomic mass is 10.1. The number of nitrogens with one attached hydrogen (secondary N) is 1. The Morgan fingerprint density at radius 1 is 1.12 bits per heavy atom.